The van der Waals surface area contributed by atoms with Crippen LogP contribution in [0.1, 0.15) is 28.7 Å². The minimum Gasteiger partial charge on any atom is -0.496 e. The van der Waals surface area contributed by atoms with Crippen LogP contribution in [0.25, 0.3) is 0 Å². The number of rotatable bonds is 5. The van der Waals surface area contributed by atoms with E-state index in [1.54, 1.807) is 24.3 Å². The van der Waals surface area contributed by atoms with Crippen LogP contribution in [0.5, 0.6) is 5.75 Å². The van der Waals surface area contributed by atoms with E-state index < -0.39 is 47.0 Å². The number of likely N-dealkylation sites (tertiary alicyclic amines) is 1. The first-order valence-electron chi connectivity index (χ1n) is 11.1. The summed E-state index contributed by atoms with van der Waals surface area (Å²) in [5.74, 6) is -3.25. The van der Waals surface area contributed by atoms with Crippen LogP contribution in [0.2, 0.25) is 0 Å². The topological polar surface area (TPSA) is 131 Å². The van der Waals surface area contributed by atoms with Crippen molar-refractivity contribution in [3.8, 4) is 5.75 Å². The Morgan fingerprint density at radius 1 is 1.15 bits per heavy atom. The highest BCUT2D eigenvalue weighted by molar-refractivity contribution is 6.15. The van der Waals surface area contributed by atoms with Gasteiger partial charge in [-0.1, -0.05) is 35.9 Å². The molecule has 3 aliphatic heterocycles. The molecule has 176 valence electrons. The molecule has 2 aromatic carbocycles. The predicted octanol–water partition coefficient (Wildman–Crippen LogP) is 1.11. The molecule has 5 rings (SSSR count). The molecule has 3 aliphatic rings. The summed E-state index contributed by atoms with van der Waals surface area (Å²) in [6.07, 6.45) is -0.169. The van der Waals surface area contributed by atoms with Crippen LogP contribution in [-0.2, 0) is 31.3 Å². The number of imide groups is 1. The number of methoxy groups -OCH3 is 1. The molecule has 9 nitrogen and oxygen atoms in total. The fraction of sp³-hybridized carbons (Fsp3) is 0.360. The summed E-state index contributed by atoms with van der Waals surface area (Å²) in [5.41, 5.74) is 7.74. The lowest BCUT2D eigenvalue weighted by Crippen LogP contribution is -2.53. The van der Waals surface area contributed by atoms with Crippen molar-refractivity contribution >= 4 is 29.3 Å². The van der Waals surface area contributed by atoms with Crippen molar-refractivity contribution in [1.82, 2.24) is 10.2 Å². The minimum atomic E-state index is -1.46. The molecule has 0 aliphatic carbocycles. The van der Waals surface area contributed by atoms with Crippen LogP contribution < -0.4 is 21.1 Å². The molecule has 2 saturated heterocycles. The number of para-hydroxylation sites is 1. The summed E-state index contributed by atoms with van der Waals surface area (Å²) in [7, 11) is 1.52. The Morgan fingerprint density at radius 3 is 2.59 bits per heavy atom. The number of benzene rings is 2. The molecular formula is C25H26N4O5. The normalized spacial score (nSPS) is 27.2. The van der Waals surface area contributed by atoms with E-state index in [1.807, 2.05) is 26.0 Å². The Hall–Kier alpha value is -3.72. The molecule has 3 heterocycles. The third-order valence-electron chi connectivity index (χ3n) is 7.20. The third kappa shape index (κ3) is 2.96. The van der Waals surface area contributed by atoms with Crippen LogP contribution >= 0.6 is 0 Å². The Labute approximate surface area is 196 Å². The molecule has 0 aromatic heterocycles. The van der Waals surface area contributed by atoms with Crippen LogP contribution in [0, 0.1) is 25.7 Å². The number of ether oxygens (including phenoxy) is 1. The number of nitrogens with two attached hydrogens (primary N) is 1. The van der Waals surface area contributed by atoms with Crippen molar-refractivity contribution in [3.05, 3.63) is 58.7 Å². The summed E-state index contributed by atoms with van der Waals surface area (Å²) in [4.78, 5) is 54.1. The number of aryl methyl sites for hydroxylation is 2. The molecule has 4 amide bonds. The van der Waals surface area contributed by atoms with Gasteiger partial charge in [0, 0.05) is 29.3 Å². The van der Waals surface area contributed by atoms with Gasteiger partial charge in [-0.15, -0.1) is 0 Å². The van der Waals surface area contributed by atoms with Crippen molar-refractivity contribution in [2.45, 2.75) is 38.4 Å². The molecule has 2 aromatic rings. The van der Waals surface area contributed by atoms with Gasteiger partial charge in [0.15, 0.2) is 0 Å². The Bertz CT molecular complexity index is 1260. The maximum absolute atomic E-state index is 13.8. The molecular weight excluding hydrogens is 436 g/mol. The quantitative estimate of drug-likeness (QED) is 0.571. The van der Waals surface area contributed by atoms with E-state index in [9.17, 15) is 19.2 Å². The average molecular weight is 463 g/mol. The number of anilines is 1. The molecule has 4 atom stereocenters. The number of primary amides is 1. The Balaban J connectivity index is 1.63. The van der Waals surface area contributed by atoms with Crippen molar-refractivity contribution < 1.29 is 23.9 Å². The van der Waals surface area contributed by atoms with E-state index >= 15 is 0 Å². The van der Waals surface area contributed by atoms with E-state index in [4.69, 9.17) is 10.5 Å². The molecule has 2 fully saturated rings. The lowest BCUT2D eigenvalue weighted by Gasteiger charge is -2.29. The predicted molar refractivity (Wildman–Crippen MR) is 122 cm³/mol. The largest absolute Gasteiger partial charge is 0.496 e. The van der Waals surface area contributed by atoms with Gasteiger partial charge in [0.1, 0.15) is 11.3 Å². The van der Waals surface area contributed by atoms with E-state index in [2.05, 4.69) is 10.6 Å². The van der Waals surface area contributed by atoms with Crippen molar-refractivity contribution in [2.24, 2.45) is 17.6 Å². The minimum absolute atomic E-state index is 0.00930. The summed E-state index contributed by atoms with van der Waals surface area (Å²) in [6, 6.07) is 10.2. The Morgan fingerprint density at radius 2 is 1.88 bits per heavy atom. The maximum Gasteiger partial charge on any atom is 0.250 e. The van der Waals surface area contributed by atoms with E-state index in [1.165, 1.54) is 12.0 Å². The first-order valence-corrected chi connectivity index (χ1v) is 11.1. The van der Waals surface area contributed by atoms with Gasteiger partial charge >= 0.3 is 0 Å². The molecule has 0 bridgehead atoms. The van der Waals surface area contributed by atoms with Crippen molar-refractivity contribution in [2.75, 3.05) is 12.4 Å². The average Bonchev–Trinajstić information content (AvgIpc) is 3.35. The molecule has 34 heavy (non-hydrogen) atoms. The molecule has 1 spiro atoms. The van der Waals surface area contributed by atoms with Crippen LogP contribution in [0.3, 0.4) is 0 Å². The smallest absolute Gasteiger partial charge is 0.250 e. The highest BCUT2D eigenvalue weighted by atomic mass is 16.5. The lowest BCUT2D eigenvalue weighted by molar-refractivity contribution is -0.143. The zero-order valence-corrected chi connectivity index (χ0v) is 19.2. The molecule has 2 unspecified atom stereocenters. The second-order valence-electron chi connectivity index (χ2n) is 9.27. The fourth-order valence-corrected chi connectivity index (χ4v) is 5.87. The number of amides is 4. The first-order chi connectivity index (χ1) is 16.2. The first kappa shape index (κ1) is 22.1. The van der Waals surface area contributed by atoms with Gasteiger partial charge in [-0.2, -0.15) is 0 Å². The second-order valence-corrected chi connectivity index (χ2v) is 9.27. The SMILES string of the molecule is COc1ccccc1CN1C(=O)[C@@H]2C(CC(N)=O)NC3(C(=O)Nc4c(C)cc(C)cc43)[C@@H]2C1=O. The summed E-state index contributed by atoms with van der Waals surface area (Å²) < 4.78 is 5.39. The van der Waals surface area contributed by atoms with Crippen LogP contribution in [0.15, 0.2) is 36.4 Å². The highest BCUT2D eigenvalue weighted by Gasteiger charge is 2.70. The van der Waals surface area contributed by atoms with Gasteiger partial charge in [0.05, 0.1) is 25.5 Å². The lowest BCUT2D eigenvalue weighted by atomic mass is 9.76. The number of carbonyl (C=O) groups is 4. The molecule has 0 saturated carbocycles. The monoisotopic (exact) mass is 462 g/mol. The maximum atomic E-state index is 13.8. The zero-order chi connectivity index (χ0) is 24.4. The second kappa shape index (κ2) is 7.66. The van der Waals surface area contributed by atoms with Crippen molar-refractivity contribution in [1.29, 1.82) is 0 Å². The van der Waals surface area contributed by atoms with Gasteiger partial charge in [0.25, 0.3) is 0 Å². The van der Waals surface area contributed by atoms with Crippen LogP contribution in [-0.4, -0.2) is 41.7 Å². The number of fused-ring (bicyclic) bond motifs is 4. The Kier molecular flexibility index (Phi) is 4.98. The van der Waals surface area contributed by atoms with Crippen LogP contribution in [0.4, 0.5) is 5.69 Å². The number of nitrogens with zero attached hydrogens (tertiary/aromatic N) is 1. The summed E-state index contributed by atoms with van der Waals surface area (Å²) >= 11 is 0. The summed E-state index contributed by atoms with van der Waals surface area (Å²) in [6.45, 7) is 3.80. The fourth-order valence-electron chi connectivity index (χ4n) is 5.87. The summed E-state index contributed by atoms with van der Waals surface area (Å²) in [5, 5.41) is 6.13. The van der Waals surface area contributed by atoms with Gasteiger partial charge in [-0.25, -0.2) is 0 Å². The molecule has 4 N–H and O–H groups in total. The van der Waals surface area contributed by atoms with E-state index in [0.29, 0.717) is 22.6 Å². The van der Waals surface area contributed by atoms with Gasteiger partial charge in [0.2, 0.25) is 23.6 Å². The van der Waals surface area contributed by atoms with Gasteiger partial charge in [-0.05, 0) is 25.5 Å². The third-order valence-corrected chi connectivity index (χ3v) is 7.20. The highest BCUT2D eigenvalue weighted by Crippen LogP contribution is 2.54. The van der Waals surface area contributed by atoms with Gasteiger partial charge < -0.3 is 15.8 Å². The number of nitrogens with one attached hydrogen (secondary N) is 2. The molecule has 0 radical (unpaired) electrons. The molecule has 9 heteroatoms. The number of hydrogen-bond donors (Lipinski definition) is 3. The van der Waals surface area contributed by atoms with E-state index in [-0.39, 0.29) is 13.0 Å². The van der Waals surface area contributed by atoms with E-state index in [0.717, 1.165) is 11.1 Å². The number of hydrogen-bond acceptors (Lipinski definition) is 6. The van der Waals surface area contributed by atoms with Gasteiger partial charge in [-0.3, -0.25) is 29.4 Å². The number of carbonyl (C=O) groups excluding carboxylic acids is 4. The zero-order valence-electron chi connectivity index (χ0n) is 19.2. The standard InChI is InChI=1S/C25H26N4O5/c1-12-8-13(2)21-15(9-12)25(24(33)27-21)20-19(16(28-25)10-18(26)30)22(31)29(23(20)32)11-14-6-4-5-7-17(14)34-3/h4-9,16,19-20,28H,10-11H2,1-3H3,(H2,26,30)(H,27,33)/t16?,19-,20+,25?/m1/s1. The van der Waals surface area contributed by atoms with Crippen molar-refractivity contribution in [3.63, 3.8) is 0 Å².